The molecule has 0 unspecified atom stereocenters. The van der Waals surface area contributed by atoms with Crippen molar-refractivity contribution in [1.29, 1.82) is 0 Å². The summed E-state index contributed by atoms with van der Waals surface area (Å²) >= 11 is 1.28. The van der Waals surface area contributed by atoms with Gasteiger partial charge in [0.15, 0.2) is 0 Å². The van der Waals surface area contributed by atoms with Gasteiger partial charge in [0.05, 0.1) is 5.60 Å². The summed E-state index contributed by atoms with van der Waals surface area (Å²) in [5.74, 6) is -2.69. The number of nitrogens with one attached hydrogen (secondary N) is 1. The van der Waals surface area contributed by atoms with Crippen LogP contribution in [0.1, 0.15) is 29.1 Å². The molecule has 1 amide bonds. The zero-order valence-electron chi connectivity index (χ0n) is 14.6. The molecular formula is C19H15BF2N2O2S. The lowest BCUT2D eigenvalue weighted by Gasteiger charge is -2.18. The molecule has 0 aliphatic carbocycles. The molecule has 0 saturated carbocycles. The first-order valence-electron chi connectivity index (χ1n) is 8.01. The first kappa shape index (κ1) is 19.2. The van der Waals surface area contributed by atoms with Gasteiger partial charge in [0, 0.05) is 16.6 Å². The van der Waals surface area contributed by atoms with Crippen LogP contribution in [-0.2, 0) is 5.60 Å². The summed E-state index contributed by atoms with van der Waals surface area (Å²) in [5.41, 5.74) is -0.323. The van der Waals surface area contributed by atoms with Gasteiger partial charge in [-0.15, -0.1) is 0 Å². The maximum atomic E-state index is 13.7. The molecule has 0 bridgehead atoms. The molecule has 0 spiro atoms. The maximum Gasteiger partial charge on any atom is 0.262 e. The Morgan fingerprint density at radius 3 is 2.44 bits per heavy atom. The number of hydrogen-bond acceptors (Lipinski definition) is 4. The van der Waals surface area contributed by atoms with Gasteiger partial charge in [-0.1, -0.05) is 12.1 Å². The molecule has 3 aromatic rings. The van der Waals surface area contributed by atoms with E-state index in [1.54, 1.807) is 26.0 Å². The lowest BCUT2D eigenvalue weighted by molar-refractivity contribution is 0.0831. The number of thiophene rings is 1. The Labute approximate surface area is 160 Å². The maximum absolute atomic E-state index is 13.7. The molecule has 0 saturated heterocycles. The van der Waals surface area contributed by atoms with Crippen molar-refractivity contribution in [2.24, 2.45) is 0 Å². The van der Waals surface area contributed by atoms with Gasteiger partial charge < -0.3 is 10.4 Å². The number of benzene rings is 1. The van der Waals surface area contributed by atoms with Crippen LogP contribution in [0.2, 0.25) is 0 Å². The van der Waals surface area contributed by atoms with Gasteiger partial charge in [-0.05, 0) is 48.5 Å². The molecule has 0 aliphatic rings. The molecule has 2 heterocycles. The molecule has 0 atom stereocenters. The number of amides is 1. The number of nitrogens with zero attached hydrogens (tertiary/aromatic N) is 1. The number of rotatable bonds is 4. The minimum absolute atomic E-state index is 0.138. The van der Waals surface area contributed by atoms with Crippen LogP contribution >= 0.6 is 11.3 Å². The standard InChI is InChI=1S/C19H15BF2N2O2S/c1-19(2,26)17-11(8-14(20)27-17)10-6-7-15(23-9-10)24-18(25)16-12(21)4-3-5-13(16)22/h3-9,26H,1-2H3,(H,23,24,25). The largest absolute Gasteiger partial charge is 0.385 e. The zero-order chi connectivity index (χ0) is 19.8. The number of carbonyl (C=O) groups excluding carboxylic acids is 1. The van der Waals surface area contributed by atoms with Gasteiger partial charge in [-0.25, -0.2) is 13.8 Å². The Morgan fingerprint density at radius 1 is 1.22 bits per heavy atom. The van der Waals surface area contributed by atoms with Crippen LogP contribution in [0, 0.1) is 11.6 Å². The van der Waals surface area contributed by atoms with Gasteiger partial charge in [-0.3, -0.25) is 4.79 Å². The smallest absolute Gasteiger partial charge is 0.262 e. The van der Waals surface area contributed by atoms with E-state index in [-0.39, 0.29) is 5.82 Å². The van der Waals surface area contributed by atoms with Crippen LogP contribution < -0.4 is 10.1 Å². The van der Waals surface area contributed by atoms with E-state index in [1.807, 2.05) is 0 Å². The fraction of sp³-hybridized carbons (Fsp3) is 0.158. The summed E-state index contributed by atoms with van der Waals surface area (Å²) < 4.78 is 27.9. The Balaban J connectivity index is 1.86. The Morgan fingerprint density at radius 2 is 1.89 bits per heavy atom. The van der Waals surface area contributed by atoms with Crippen LogP contribution in [0.15, 0.2) is 42.6 Å². The second kappa shape index (κ2) is 7.21. The Bertz CT molecular complexity index is 978. The predicted molar refractivity (Wildman–Crippen MR) is 102 cm³/mol. The number of pyridine rings is 1. The molecule has 0 fully saturated rings. The summed E-state index contributed by atoms with van der Waals surface area (Å²) in [6.45, 7) is 3.32. The first-order valence-corrected chi connectivity index (χ1v) is 8.82. The highest BCUT2D eigenvalue weighted by Crippen LogP contribution is 2.34. The van der Waals surface area contributed by atoms with Gasteiger partial charge in [-0.2, -0.15) is 11.3 Å². The number of anilines is 1. The van der Waals surface area contributed by atoms with Crippen molar-refractivity contribution in [2.75, 3.05) is 5.32 Å². The predicted octanol–water partition coefficient (Wildman–Crippen LogP) is 3.36. The minimum Gasteiger partial charge on any atom is -0.385 e. The number of aliphatic hydroxyl groups is 1. The molecule has 2 aromatic heterocycles. The van der Waals surface area contributed by atoms with Crippen LogP contribution in [0.25, 0.3) is 11.1 Å². The minimum atomic E-state index is -1.08. The number of hydrogen-bond donors (Lipinski definition) is 2. The van der Waals surface area contributed by atoms with Crippen LogP contribution in [0.3, 0.4) is 0 Å². The van der Waals surface area contributed by atoms with Crippen LogP contribution in [0.4, 0.5) is 14.6 Å². The van der Waals surface area contributed by atoms with E-state index >= 15 is 0 Å². The van der Waals surface area contributed by atoms with E-state index in [1.165, 1.54) is 29.7 Å². The second-order valence-corrected chi connectivity index (χ2v) is 7.52. The summed E-state index contributed by atoms with van der Waals surface area (Å²) in [7, 11) is 5.86. The molecule has 2 radical (unpaired) electrons. The van der Waals surface area contributed by atoms with E-state index in [0.717, 1.165) is 17.7 Å². The normalized spacial score (nSPS) is 11.4. The van der Waals surface area contributed by atoms with Crippen molar-refractivity contribution in [2.45, 2.75) is 19.4 Å². The SMILES string of the molecule is [B]c1cc(-c2ccc(NC(=O)c3c(F)cccc3F)nc2)c(C(C)(C)O)s1. The Hall–Kier alpha value is -2.58. The Kier molecular flexibility index (Phi) is 5.12. The fourth-order valence-electron chi connectivity index (χ4n) is 2.60. The van der Waals surface area contributed by atoms with E-state index in [9.17, 15) is 18.7 Å². The zero-order valence-corrected chi connectivity index (χ0v) is 15.4. The lowest BCUT2D eigenvalue weighted by Crippen LogP contribution is -2.16. The summed E-state index contributed by atoms with van der Waals surface area (Å²) in [6.07, 6.45) is 1.49. The van der Waals surface area contributed by atoms with E-state index in [0.29, 0.717) is 15.2 Å². The molecule has 8 heteroatoms. The van der Waals surface area contributed by atoms with Crippen molar-refractivity contribution in [3.63, 3.8) is 0 Å². The van der Waals surface area contributed by atoms with Crippen molar-refractivity contribution < 1.29 is 18.7 Å². The van der Waals surface area contributed by atoms with Gasteiger partial charge in [0.1, 0.15) is 30.9 Å². The third-order valence-corrected chi connectivity index (χ3v) is 5.09. The van der Waals surface area contributed by atoms with E-state index in [2.05, 4.69) is 10.3 Å². The molecule has 27 heavy (non-hydrogen) atoms. The van der Waals surface area contributed by atoms with Crippen molar-refractivity contribution in [1.82, 2.24) is 4.98 Å². The molecule has 1 aromatic carbocycles. The third kappa shape index (κ3) is 4.07. The van der Waals surface area contributed by atoms with Crippen molar-refractivity contribution >= 4 is 35.7 Å². The fourth-order valence-corrected chi connectivity index (χ4v) is 3.55. The average Bonchev–Trinajstić information content (AvgIpc) is 2.97. The highest BCUT2D eigenvalue weighted by molar-refractivity contribution is 7.20. The number of halogens is 2. The number of carbonyl (C=O) groups is 1. The van der Waals surface area contributed by atoms with Gasteiger partial charge >= 0.3 is 0 Å². The molecule has 4 nitrogen and oxygen atoms in total. The summed E-state index contributed by atoms with van der Waals surface area (Å²) in [5, 5.41) is 12.7. The van der Waals surface area contributed by atoms with Gasteiger partial charge in [0.25, 0.3) is 5.91 Å². The highest BCUT2D eigenvalue weighted by Gasteiger charge is 2.23. The lowest BCUT2D eigenvalue weighted by atomic mass is 9.97. The third-order valence-electron chi connectivity index (χ3n) is 3.81. The molecule has 3 rings (SSSR count). The quantitative estimate of drug-likeness (QED) is 0.679. The van der Waals surface area contributed by atoms with Crippen molar-refractivity contribution in [3.05, 3.63) is 64.7 Å². The first-order chi connectivity index (χ1) is 12.7. The summed E-state index contributed by atoms with van der Waals surface area (Å²) in [6, 6.07) is 8.12. The highest BCUT2D eigenvalue weighted by atomic mass is 32.1. The van der Waals surface area contributed by atoms with Crippen LogP contribution in [0.5, 0.6) is 0 Å². The molecule has 2 N–H and O–H groups in total. The topological polar surface area (TPSA) is 62.2 Å². The van der Waals surface area contributed by atoms with Crippen molar-refractivity contribution in [3.8, 4) is 11.1 Å². The average molecular weight is 384 g/mol. The van der Waals surface area contributed by atoms with Gasteiger partial charge in [0.2, 0.25) is 0 Å². The molecule has 0 aliphatic heterocycles. The number of aromatic nitrogens is 1. The van der Waals surface area contributed by atoms with E-state index in [4.69, 9.17) is 7.85 Å². The molecular weight excluding hydrogens is 369 g/mol. The molecule has 136 valence electrons. The van der Waals surface area contributed by atoms with Crippen LogP contribution in [-0.4, -0.2) is 23.8 Å². The van der Waals surface area contributed by atoms with E-state index < -0.39 is 28.7 Å². The summed E-state index contributed by atoms with van der Waals surface area (Å²) in [4.78, 5) is 16.9. The second-order valence-electron chi connectivity index (χ2n) is 6.43. The monoisotopic (exact) mass is 384 g/mol.